The number of nitrogens with zero attached hydrogens (tertiary/aromatic N) is 1. The van der Waals surface area contributed by atoms with Crippen molar-refractivity contribution in [1.29, 1.82) is 0 Å². The van der Waals surface area contributed by atoms with Gasteiger partial charge in [0.05, 0.1) is 24.7 Å². The maximum absolute atomic E-state index is 14.1. The van der Waals surface area contributed by atoms with E-state index in [1.165, 1.54) is 7.11 Å². The number of amides is 1. The van der Waals surface area contributed by atoms with Crippen LogP contribution in [-0.2, 0) is 11.2 Å². The number of benzene rings is 1. The molecule has 0 radical (unpaired) electrons. The number of aromatic amines is 1. The van der Waals surface area contributed by atoms with Gasteiger partial charge in [0.15, 0.2) is 11.6 Å². The Hall–Kier alpha value is -2.41. The predicted molar refractivity (Wildman–Crippen MR) is 88.7 cm³/mol. The molecule has 0 bridgehead atoms. The molecule has 24 heavy (non-hydrogen) atoms. The number of aromatic nitrogens is 2. The third kappa shape index (κ3) is 3.56. The van der Waals surface area contributed by atoms with E-state index in [1.807, 2.05) is 0 Å². The topological polar surface area (TPSA) is 79.0 Å². The Balaban J connectivity index is 1.60. The van der Waals surface area contributed by atoms with E-state index in [4.69, 9.17) is 4.74 Å². The lowest BCUT2D eigenvalue weighted by molar-refractivity contribution is -0.116. The Morgan fingerprint density at radius 3 is 3.12 bits per heavy atom. The first-order valence-corrected chi connectivity index (χ1v) is 8.04. The van der Waals surface area contributed by atoms with Crippen molar-refractivity contribution < 1.29 is 13.9 Å². The number of rotatable bonds is 6. The molecule has 0 saturated carbocycles. The zero-order chi connectivity index (χ0) is 16.9. The second-order valence-corrected chi connectivity index (χ2v) is 5.87. The second-order valence-electron chi connectivity index (χ2n) is 5.87. The molecule has 1 amide bonds. The molecule has 1 aromatic carbocycles. The molecule has 1 atom stereocenters. The fourth-order valence-electron chi connectivity index (χ4n) is 2.98. The molecule has 7 heteroatoms. The van der Waals surface area contributed by atoms with Gasteiger partial charge in [-0.15, -0.1) is 0 Å². The van der Waals surface area contributed by atoms with Crippen LogP contribution in [0.15, 0.2) is 24.4 Å². The molecule has 1 fully saturated rings. The number of anilines is 1. The first-order valence-electron chi connectivity index (χ1n) is 8.04. The number of nitrogens with one attached hydrogen (secondary N) is 3. The van der Waals surface area contributed by atoms with Crippen molar-refractivity contribution >= 4 is 11.6 Å². The fraction of sp³-hybridized carbons (Fsp3) is 0.412. The molecule has 0 spiro atoms. The number of carbonyl (C=O) groups excluding carboxylic acids is 1. The highest BCUT2D eigenvalue weighted by molar-refractivity contribution is 5.91. The number of aryl methyl sites for hydroxylation is 1. The molecule has 3 N–H and O–H groups in total. The molecule has 1 saturated heterocycles. The first-order chi connectivity index (χ1) is 11.7. The minimum Gasteiger partial charge on any atom is -0.494 e. The van der Waals surface area contributed by atoms with Gasteiger partial charge in [-0.25, -0.2) is 4.39 Å². The monoisotopic (exact) mass is 332 g/mol. The van der Waals surface area contributed by atoms with Crippen LogP contribution in [0.2, 0.25) is 0 Å². The van der Waals surface area contributed by atoms with Crippen LogP contribution in [0.4, 0.5) is 10.1 Å². The average molecular weight is 332 g/mol. The predicted octanol–water partition coefficient (Wildman–Crippen LogP) is 2.21. The summed E-state index contributed by atoms with van der Waals surface area (Å²) >= 11 is 0. The third-order valence-corrected chi connectivity index (χ3v) is 4.30. The Labute approximate surface area is 139 Å². The molecule has 1 aliphatic rings. The highest BCUT2D eigenvalue weighted by Crippen LogP contribution is 2.27. The Morgan fingerprint density at radius 2 is 2.38 bits per heavy atom. The van der Waals surface area contributed by atoms with Gasteiger partial charge in [-0.2, -0.15) is 5.10 Å². The standard InChI is InChI=1S/C17H21FN4O2/c1-24-14-4-2-3-11(16(14)18)5-6-15(23)21-13-10-20-22-17(13)12-7-8-19-9-12/h2-4,10,12,19H,5-9H2,1H3,(H,20,22)(H,21,23). The smallest absolute Gasteiger partial charge is 0.224 e. The SMILES string of the molecule is COc1cccc(CCC(=O)Nc2cn[nH]c2C2CCNC2)c1F. The number of hydrogen-bond acceptors (Lipinski definition) is 4. The molecule has 6 nitrogen and oxygen atoms in total. The number of methoxy groups -OCH3 is 1. The largest absolute Gasteiger partial charge is 0.494 e. The van der Waals surface area contributed by atoms with Crippen LogP contribution in [0.5, 0.6) is 5.75 Å². The summed E-state index contributed by atoms with van der Waals surface area (Å²) < 4.78 is 19.0. The molecule has 0 aliphatic carbocycles. The minimum absolute atomic E-state index is 0.161. The van der Waals surface area contributed by atoms with Crippen LogP contribution in [0.25, 0.3) is 0 Å². The van der Waals surface area contributed by atoms with Crippen molar-refractivity contribution in [2.24, 2.45) is 0 Å². The summed E-state index contributed by atoms with van der Waals surface area (Å²) in [4.78, 5) is 12.2. The van der Waals surface area contributed by atoms with E-state index >= 15 is 0 Å². The van der Waals surface area contributed by atoms with Gasteiger partial charge in [-0.1, -0.05) is 12.1 Å². The van der Waals surface area contributed by atoms with Crippen molar-refractivity contribution in [3.05, 3.63) is 41.5 Å². The molecule has 2 heterocycles. The van der Waals surface area contributed by atoms with E-state index in [2.05, 4.69) is 20.8 Å². The van der Waals surface area contributed by atoms with E-state index < -0.39 is 5.82 Å². The number of ether oxygens (including phenoxy) is 1. The van der Waals surface area contributed by atoms with E-state index in [0.29, 0.717) is 23.6 Å². The van der Waals surface area contributed by atoms with Gasteiger partial charge in [0, 0.05) is 18.9 Å². The third-order valence-electron chi connectivity index (χ3n) is 4.30. The zero-order valence-corrected chi connectivity index (χ0v) is 13.6. The number of carbonyl (C=O) groups is 1. The van der Waals surface area contributed by atoms with E-state index in [1.54, 1.807) is 24.4 Å². The van der Waals surface area contributed by atoms with Crippen LogP contribution >= 0.6 is 0 Å². The summed E-state index contributed by atoms with van der Waals surface area (Å²) in [5.74, 6) is -0.0444. The normalized spacial score (nSPS) is 17.0. The van der Waals surface area contributed by atoms with E-state index in [9.17, 15) is 9.18 Å². The van der Waals surface area contributed by atoms with Gasteiger partial charge in [0.1, 0.15) is 0 Å². The Morgan fingerprint density at radius 1 is 1.50 bits per heavy atom. The highest BCUT2D eigenvalue weighted by Gasteiger charge is 2.22. The zero-order valence-electron chi connectivity index (χ0n) is 13.6. The second kappa shape index (κ2) is 7.44. The van der Waals surface area contributed by atoms with Crippen LogP contribution in [-0.4, -0.2) is 36.3 Å². The molecule has 1 aliphatic heterocycles. The first kappa shape index (κ1) is 16.4. The van der Waals surface area contributed by atoms with E-state index in [-0.39, 0.29) is 18.1 Å². The van der Waals surface area contributed by atoms with Crippen molar-refractivity contribution in [1.82, 2.24) is 15.5 Å². The molecular weight excluding hydrogens is 311 g/mol. The molecule has 1 aromatic heterocycles. The molecular formula is C17H21FN4O2. The summed E-state index contributed by atoms with van der Waals surface area (Å²) in [7, 11) is 1.42. The lowest BCUT2D eigenvalue weighted by Crippen LogP contribution is -2.15. The quantitative estimate of drug-likeness (QED) is 0.758. The van der Waals surface area contributed by atoms with Crippen molar-refractivity contribution in [2.45, 2.75) is 25.2 Å². The lowest BCUT2D eigenvalue weighted by atomic mass is 10.0. The van der Waals surface area contributed by atoms with Crippen LogP contribution in [0.1, 0.15) is 30.0 Å². The number of H-pyrrole nitrogens is 1. The van der Waals surface area contributed by atoms with Gasteiger partial charge < -0.3 is 15.4 Å². The molecule has 3 rings (SSSR count). The summed E-state index contributed by atoms with van der Waals surface area (Å²) in [6, 6.07) is 4.95. The van der Waals surface area contributed by atoms with Crippen LogP contribution < -0.4 is 15.4 Å². The fourth-order valence-corrected chi connectivity index (χ4v) is 2.98. The van der Waals surface area contributed by atoms with Crippen molar-refractivity contribution in [3.63, 3.8) is 0 Å². The highest BCUT2D eigenvalue weighted by atomic mass is 19.1. The van der Waals surface area contributed by atoms with Crippen molar-refractivity contribution in [2.75, 3.05) is 25.5 Å². The summed E-state index contributed by atoms with van der Waals surface area (Å²) in [6.07, 6.45) is 3.14. The summed E-state index contributed by atoms with van der Waals surface area (Å²) in [5.41, 5.74) is 2.12. The molecule has 128 valence electrons. The number of halogens is 1. The van der Waals surface area contributed by atoms with Crippen LogP contribution in [0.3, 0.4) is 0 Å². The lowest BCUT2D eigenvalue weighted by Gasteiger charge is -2.11. The maximum Gasteiger partial charge on any atom is 0.224 e. The molecule has 2 aromatic rings. The average Bonchev–Trinajstić information content (AvgIpc) is 3.25. The van der Waals surface area contributed by atoms with Gasteiger partial charge in [-0.05, 0) is 31.0 Å². The van der Waals surface area contributed by atoms with E-state index in [0.717, 1.165) is 25.2 Å². The Kier molecular flexibility index (Phi) is 5.10. The summed E-state index contributed by atoms with van der Waals surface area (Å²) in [6.45, 7) is 1.84. The van der Waals surface area contributed by atoms with Gasteiger partial charge in [-0.3, -0.25) is 9.89 Å². The van der Waals surface area contributed by atoms with Crippen LogP contribution in [0, 0.1) is 5.82 Å². The van der Waals surface area contributed by atoms with Gasteiger partial charge in [0.25, 0.3) is 0 Å². The maximum atomic E-state index is 14.1. The molecule has 1 unspecified atom stereocenters. The van der Waals surface area contributed by atoms with Gasteiger partial charge >= 0.3 is 0 Å². The minimum atomic E-state index is -0.408. The van der Waals surface area contributed by atoms with Crippen molar-refractivity contribution in [3.8, 4) is 5.75 Å². The Bertz CT molecular complexity index is 710. The summed E-state index contributed by atoms with van der Waals surface area (Å²) in [5, 5.41) is 13.2. The van der Waals surface area contributed by atoms with Gasteiger partial charge in [0.2, 0.25) is 5.91 Å². The number of hydrogen-bond donors (Lipinski definition) is 3.